The van der Waals surface area contributed by atoms with Crippen molar-refractivity contribution in [2.45, 2.75) is 40.0 Å². The van der Waals surface area contributed by atoms with Crippen LogP contribution in [0.4, 0.5) is 0 Å². The van der Waals surface area contributed by atoms with Crippen molar-refractivity contribution < 1.29 is 9.90 Å². The number of aliphatic carboxylic acids is 1. The van der Waals surface area contributed by atoms with Gasteiger partial charge in [0, 0.05) is 5.57 Å². The fraction of sp³-hybridized carbons (Fsp3) is 0.667. The van der Waals surface area contributed by atoms with E-state index in [1.807, 2.05) is 6.08 Å². The van der Waals surface area contributed by atoms with E-state index in [1.54, 1.807) is 0 Å². The van der Waals surface area contributed by atoms with Crippen LogP contribution in [-0.4, -0.2) is 11.1 Å². The maximum absolute atomic E-state index is 11.3. The van der Waals surface area contributed by atoms with Gasteiger partial charge in [-0.25, -0.2) is 4.79 Å². The van der Waals surface area contributed by atoms with E-state index in [0.29, 0.717) is 23.3 Å². The largest absolute Gasteiger partial charge is 0.478 e. The van der Waals surface area contributed by atoms with E-state index >= 15 is 0 Å². The van der Waals surface area contributed by atoms with Gasteiger partial charge < -0.3 is 5.11 Å². The molecule has 0 spiro atoms. The summed E-state index contributed by atoms with van der Waals surface area (Å²) in [6.07, 6.45) is 7.21. The zero-order valence-corrected chi connectivity index (χ0v) is 10.9. The normalized spacial score (nSPS) is 32.8. The first-order chi connectivity index (χ1) is 8.00. The Labute approximate surface area is 103 Å². The Bertz CT molecular complexity index is 376. The first kappa shape index (κ1) is 12.4. The fourth-order valence-electron chi connectivity index (χ4n) is 3.32. The summed E-state index contributed by atoms with van der Waals surface area (Å²) in [4.78, 5) is 11.3. The summed E-state index contributed by atoms with van der Waals surface area (Å²) in [5.41, 5.74) is 2.04. The molecule has 94 valence electrons. The standard InChI is InChI=1S/C15H22O2/c1-9(2)11-5-7-13(15(16)17)12-6-4-10(3)14(12)8-11/h5,7,9-10,12,14H,4,6,8H2,1-3H3,(H,16,17)/t10-,12-,14-/m1/s1. The number of fused-ring (bicyclic) bond motifs is 1. The molecule has 0 aromatic rings. The van der Waals surface area contributed by atoms with Gasteiger partial charge in [0.15, 0.2) is 0 Å². The van der Waals surface area contributed by atoms with Crippen LogP contribution in [0.25, 0.3) is 0 Å². The molecule has 0 radical (unpaired) electrons. The van der Waals surface area contributed by atoms with Crippen LogP contribution < -0.4 is 0 Å². The lowest BCUT2D eigenvalue weighted by molar-refractivity contribution is -0.133. The van der Waals surface area contributed by atoms with E-state index in [0.717, 1.165) is 12.8 Å². The van der Waals surface area contributed by atoms with Gasteiger partial charge in [-0.05, 0) is 42.9 Å². The van der Waals surface area contributed by atoms with Crippen molar-refractivity contribution in [2.75, 3.05) is 0 Å². The fourth-order valence-corrected chi connectivity index (χ4v) is 3.32. The number of rotatable bonds is 2. The van der Waals surface area contributed by atoms with Crippen LogP contribution in [0.3, 0.4) is 0 Å². The molecule has 0 aromatic heterocycles. The van der Waals surface area contributed by atoms with E-state index in [-0.39, 0.29) is 5.92 Å². The summed E-state index contributed by atoms with van der Waals surface area (Å²) in [6.45, 7) is 6.66. The molecule has 2 rings (SSSR count). The van der Waals surface area contributed by atoms with Crippen molar-refractivity contribution in [3.05, 3.63) is 23.3 Å². The predicted octanol–water partition coefficient (Wildman–Crippen LogP) is 3.65. The monoisotopic (exact) mass is 234 g/mol. The second kappa shape index (κ2) is 4.67. The van der Waals surface area contributed by atoms with Crippen molar-refractivity contribution >= 4 is 5.97 Å². The van der Waals surface area contributed by atoms with Gasteiger partial charge in [-0.2, -0.15) is 0 Å². The Kier molecular flexibility index (Phi) is 3.41. The molecule has 1 fully saturated rings. The molecule has 0 saturated heterocycles. The topological polar surface area (TPSA) is 37.3 Å². The number of hydrogen-bond acceptors (Lipinski definition) is 1. The van der Waals surface area contributed by atoms with Crippen molar-refractivity contribution in [1.29, 1.82) is 0 Å². The minimum atomic E-state index is -0.727. The third-order valence-corrected chi connectivity index (χ3v) is 4.52. The van der Waals surface area contributed by atoms with Crippen molar-refractivity contribution in [1.82, 2.24) is 0 Å². The van der Waals surface area contributed by atoms with Crippen LogP contribution in [0.1, 0.15) is 40.0 Å². The Morgan fingerprint density at radius 1 is 1.35 bits per heavy atom. The lowest BCUT2D eigenvalue weighted by Crippen LogP contribution is -2.19. The lowest BCUT2D eigenvalue weighted by Gasteiger charge is -2.23. The van der Waals surface area contributed by atoms with Crippen LogP contribution in [0.15, 0.2) is 23.3 Å². The summed E-state index contributed by atoms with van der Waals surface area (Å²) in [6, 6.07) is 0. The molecule has 0 unspecified atom stereocenters. The number of carboxylic acid groups (broad SMARTS) is 1. The van der Waals surface area contributed by atoms with Gasteiger partial charge in [-0.3, -0.25) is 0 Å². The van der Waals surface area contributed by atoms with Crippen molar-refractivity contribution in [2.24, 2.45) is 23.7 Å². The van der Waals surface area contributed by atoms with Gasteiger partial charge in [-0.15, -0.1) is 0 Å². The minimum absolute atomic E-state index is 0.273. The molecular formula is C15H22O2. The third kappa shape index (κ3) is 2.31. The van der Waals surface area contributed by atoms with Crippen LogP contribution in [0.2, 0.25) is 0 Å². The zero-order chi connectivity index (χ0) is 12.6. The van der Waals surface area contributed by atoms with Crippen molar-refractivity contribution in [3.63, 3.8) is 0 Å². The summed E-state index contributed by atoms with van der Waals surface area (Å²) >= 11 is 0. The van der Waals surface area contributed by atoms with Gasteiger partial charge in [0.1, 0.15) is 0 Å². The van der Waals surface area contributed by atoms with E-state index in [9.17, 15) is 9.90 Å². The third-order valence-electron chi connectivity index (χ3n) is 4.52. The summed E-state index contributed by atoms with van der Waals surface area (Å²) in [7, 11) is 0. The van der Waals surface area contributed by atoms with Gasteiger partial charge in [-0.1, -0.05) is 38.5 Å². The van der Waals surface area contributed by atoms with E-state index in [1.165, 1.54) is 12.0 Å². The molecule has 2 aliphatic rings. The second-order valence-corrected chi connectivity index (χ2v) is 5.85. The average molecular weight is 234 g/mol. The lowest BCUT2D eigenvalue weighted by atomic mass is 9.81. The van der Waals surface area contributed by atoms with E-state index < -0.39 is 5.97 Å². The average Bonchev–Trinajstić information content (AvgIpc) is 2.51. The highest BCUT2D eigenvalue weighted by molar-refractivity contribution is 5.87. The molecule has 0 heterocycles. The first-order valence-electron chi connectivity index (χ1n) is 6.64. The summed E-state index contributed by atoms with van der Waals surface area (Å²) < 4.78 is 0. The smallest absolute Gasteiger partial charge is 0.331 e. The van der Waals surface area contributed by atoms with Crippen LogP contribution in [0.5, 0.6) is 0 Å². The quantitative estimate of drug-likeness (QED) is 0.792. The van der Waals surface area contributed by atoms with Gasteiger partial charge in [0.05, 0.1) is 0 Å². The molecule has 0 amide bonds. The Morgan fingerprint density at radius 3 is 2.65 bits per heavy atom. The van der Waals surface area contributed by atoms with Crippen LogP contribution >= 0.6 is 0 Å². The minimum Gasteiger partial charge on any atom is -0.478 e. The SMILES string of the molecule is CC(C)C1=CC=C(C(=O)O)[C@H]2CC[C@@H](C)[C@H]2C1. The zero-order valence-electron chi connectivity index (χ0n) is 10.9. The molecule has 2 aliphatic carbocycles. The molecule has 1 saturated carbocycles. The Hall–Kier alpha value is -1.05. The van der Waals surface area contributed by atoms with Crippen molar-refractivity contribution in [3.8, 4) is 0 Å². The molecule has 1 N–H and O–H groups in total. The molecule has 0 aliphatic heterocycles. The maximum atomic E-state index is 11.3. The van der Waals surface area contributed by atoms with Gasteiger partial charge in [0.25, 0.3) is 0 Å². The number of carboxylic acids is 1. The van der Waals surface area contributed by atoms with Crippen LogP contribution in [0, 0.1) is 23.7 Å². The molecule has 2 heteroatoms. The molecular weight excluding hydrogens is 212 g/mol. The van der Waals surface area contributed by atoms with Crippen LogP contribution in [-0.2, 0) is 4.79 Å². The Morgan fingerprint density at radius 2 is 2.06 bits per heavy atom. The molecule has 3 atom stereocenters. The second-order valence-electron chi connectivity index (χ2n) is 5.85. The van der Waals surface area contributed by atoms with Gasteiger partial charge >= 0.3 is 5.97 Å². The highest BCUT2D eigenvalue weighted by atomic mass is 16.4. The predicted molar refractivity (Wildman–Crippen MR) is 68.6 cm³/mol. The number of hydrogen-bond donors (Lipinski definition) is 1. The summed E-state index contributed by atoms with van der Waals surface area (Å²) in [5.74, 6) is 1.26. The molecule has 0 bridgehead atoms. The summed E-state index contributed by atoms with van der Waals surface area (Å²) in [5, 5.41) is 9.32. The maximum Gasteiger partial charge on any atom is 0.331 e. The number of allylic oxidation sites excluding steroid dienone is 3. The number of carbonyl (C=O) groups is 1. The van der Waals surface area contributed by atoms with E-state index in [4.69, 9.17) is 0 Å². The molecule has 0 aromatic carbocycles. The highest BCUT2D eigenvalue weighted by Crippen LogP contribution is 2.46. The van der Waals surface area contributed by atoms with E-state index in [2.05, 4.69) is 26.8 Å². The Balaban J connectivity index is 2.34. The first-order valence-corrected chi connectivity index (χ1v) is 6.64. The van der Waals surface area contributed by atoms with Gasteiger partial charge in [0.2, 0.25) is 0 Å². The molecule has 17 heavy (non-hydrogen) atoms. The molecule has 2 nitrogen and oxygen atoms in total. The highest BCUT2D eigenvalue weighted by Gasteiger charge is 2.39.